The second kappa shape index (κ2) is 10.0. The average molecular weight is 370 g/mol. The minimum atomic E-state index is -0.818. The molecule has 26 heavy (non-hydrogen) atoms. The van der Waals surface area contributed by atoms with E-state index >= 15 is 0 Å². The van der Waals surface area contributed by atoms with E-state index in [9.17, 15) is 9.90 Å². The lowest BCUT2D eigenvalue weighted by molar-refractivity contribution is -0.142. The molecular weight excluding hydrogens is 326 g/mol. The number of hydrogen-bond donors (Lipinski definition) is 1. The van der Waals surface area contributed by atoms with Gasteiger partial charge in [0, 0.05) is 37.3 Å². The molecule has 2 rings (SSSR count). The first-order chi connectivity index (χ1) is 12.0. The summed E-state index contributed by atoms with van der Waals surface area (Å²) in [6.45, 7) is 21.2. The van der Waals surface area contributed by atoms with Crippen LogP contribution in [0.3, 0.4) is 0 Å². The third-order valence-electron chi connectivity index (χ3n) is 5.52. The molecule has 2 saturated heterocycles. The predicted molar refractivity (Wildman–Crippen MR) is 109 cm³/mol. The van der Waals surface area contributed by atoms with Gasteiger partial charge >= 0.3 is 0 Å². The smallest absolute Gasteiger partial charge is 0.251 e. The van der Waals surface area contributed by atoms with Gasteiger partial charge in [0.2, 0.25) is 0 Å². The number of carbonyl (C=O) groups is 1. The lowest BCUT2D eigenvalue weighted by atomic mass is 10.0. The van der Waals surface area contributed by atoms with Gasteiger partial charge in [-0.25, -0.2) is 0 Å². The number of aliphatic hydroxyl groups excluding tert-OH is 1. The lowest BCUT2D eigenvalue weighted by Gasteiger charge is -2.42. The van der Waals surface area contributed by atoms with E-state index in [-0.39, 0.29) is 11.4 Å². The van der Waals surface area contributed by atoms with Crippen molar-refractivity contribution in [1.82, 2.24) is 14.7 Å². The van der Waals surface area contributed by atoms with Gasteiger partial charge in [-0.2, -0.15) is 0 Å². The molecule has 1 unspecified atom stereocenters. The van der Waals surface area contributed by atoms with Gasteiger partial charge in [0.1, 0.15) is 6.10 Å². The molecule has 2 aliphatic rings. The molecule has 2 fully saturated rings. The van der Waals surface area contributed by atoms with Gasteiger partial charge in [0.05, 0.1) is 0 Å². The van der Waals surface area contributed by atoms with Crippen molar-refractivity contribution >= 4 is 5.91 Å². The van der Waals surface area contributed by atoms with Gasteiger partial charge in [-0.3, -0.25) is 14.6 Å². The standard InChI is InChI=1S/C12H24N2O2.C9H19N/c1-5-10(15)11(16)13-6-8-14(9-7-13)12(2,3)4;1-9(2,3)10-7-5-4-6-8-10/h10,15H,5-9H2,1-4H3;4-8H2,1-3H3. The molecule has 0 aromatic carbocycles. The Labute approximate surface area is 161 Å². The molecule has 0 aromatic heterocycles. The third-order valence-corrected chi connectivity index (χ3v) is 5.52. The summed E-state index contributed by atoms with van der Waals surface area (Å²) in [6, 6.07) is 0. The van der Waals surface area contributed by atoms with E-state index in [0.717, 1.165) is 26.2 Å². The number of likely N-dealkylation sites (tertiary alicyclic amines) is 1. The Kier molecular flexibility index (Phi) is 9.04. The van der Waals surface area contributed by atoms with Gasteiger partial charge in [-0.1, -0.05) is 13.3 Å². The van der Waals surface area contributed by atoms with Crippen molar-refractivity contribution in [2.24, 2.45) is 0 Å². The van der Waals surface area contributed by atoms with Crippen molar-refractivity contribution in [2.45, 2.75) is 91.3 Å². The zero-order valence-corrected chi connectivity index (χ0v) is 18.3. The summed E-state index contributed by atoms with van der Waals surface area (Å²) in [5, 5.41) is 9.50. The van der Waals surface area contributed by atoms with Crippen LogP contribution in [-0.4, -0.2) is 82.2 Å². The fourth-order valence-electron chi connectivity index (χ4n) is 3.55. The van der Waals surface area contributed by atoms with Crippen LogP contribution in [0.4, 0.5) is 0 Å². The second-order valence-corrected chi connectivity index (χ2v) is 9.63. The van der Waals surface area contributed by atoms with Crippen LogP contribution in [0, 0.1) is 0 Å². The molecule has 0 spiro atoms. The summed E-state index contributed by atoms with van der Waals surface area (Å²) >= 11 is 0. The monoisotopic (exact) mass is 369 g/mol. The first kappa shape index (κ1) is 23.4. The highest BCUT2D eigenvalue weighted by Gasteiger charge is 2.29. The van der Waals surface area contributed by atoms with Crippen LogP contribution in [0.5, 0.6) is 0 Å². The summed E-state index contributed by atoms with van der Waals surface area (Å²) in [6.07, 6.45) is 3.92. The summed E-state index contributed by atoms with van der Waals surface area (Å²) in [7, 11) is 0. The van der Waals surface area contributed by atoms with Crippen LogP contribution >= 0.6 is 0 Å². The molecule has 5 nitrogen and oxygen atoms in total. The largest absolute Gasteiger partial charge is 0.383 e. The molecule has 0 saturated carbocycles. The number of carbonyl (C=O) groups excluding carboxylic acids is 1. The first-order valence-electron chi connectivity index (χ1n) is 10.4. The van der Waals surface area contributed by atoms with Crippen molar-refractivity contribution in [3.8, 4) is 0 Å². The van der Waals surface area contributed by atoms with Crippen LogP contribution in [0.25, 0.3) is 0 Å². The maximum Gasteiger partial charge on any atom is 0.251 e. The van der Waals surface area contributed by atoms with Crippen LogP contribution in [-0.2, 0) is 4.79 Å². The normalized spacial score (nSPS) is 21.8. The first-order valence-corrected chi connectivity index (χ1v) is 10.4. The van der Waals surface area contributed by atoms with Gasteiger partial charge in [-0.05, 0) is 73.9 Å². The highest BCUT2D eigenvalue weighted by molar-refractivity contribution is 5.80. The van der Waals surface area contributed by atoms with Gasteiger partial charge in [-0.15, -0.1) is 0 Å². The molecule has 0 aromatic rings. The maximum atomic E-state index is 11.7. The second-order valence-electron chi connectivity index (χ2n) is 9.63. The third kappa shape index (κ3) is 7.53. The number of piperidine rings is 1. The van der Waals surface area contributed by atoms with Gasteiger partial charge in [0.15, 0.2) is 0 Å². The van der Waals surface area contributed by atoms with Gasteiger partial charge in [0.25, 0.3) is 5.91 Å². The molecule has 0 radical (unpaired) electrons. The van der Waals surface area contributed by atoms with Crippen molar-refractivity contribution in [3.63, 3.8) is 0 Å². The van der Waals surface area contributed by atoms with E-state index in [1.807, 2.05) is 6.92 Å². The zero-order chi connectivity index (χ0) is 20.0. The predicted octanol–water partition coefficient (Wildman–Crippen LogP) is 2.97. The molecule has 0 bridgehead atoms. The Hall–Kier alpha value is -0.650. The summed E-state index contributed by atoms with van der Waals surface area (Å²) < 4.78 is 0. The number of rotatable bonds is 2. The highest BCUT2D eigenvalue weighted by atomic mass is 16.3. The fraction of sp³-hybridized carbons (Fsp3) is 0.952. The lowest BCUT2D eigenvalue weighted by Crippen LogP contribution is -2.56. The molecule has 1 amide bonds. The van der Waals surface area contributed by atoms with Crippen LogP contribution in [0.2, 0.25) is 0 Å². The molecular formula is C21H43N3O2. The minimum Gasteiger partial charge on any atom is -0.383 e. The number of amides is 1. The van der Waals surface area contributed by atoms with Crippen LogP contribution < -0.4 is 0 Å². The molecule has 154 valence electrons. The van der Waals surface area contributed by atoms with E-state index < -0.39 is 6.10 Å². The SMILES string of the molecule is CC(C)(C)N1CCCCC1.CCC(O)C(=O)N1CCN(C(C)(C)C)CC1. The number of hydrogen-bond acceptors (Lipinski definition) is 4. The Morgan fingerprint density at radius 2 is 1.23 bits per heavy atom. The molecule has 0 aliphatic carbocycles. The quantitative estimate of drug-likeness (QED) is 0.813. The minimum absolute atomic E-state index is 0.115. The van der Waals surface area contributed by atoms with Crippen molar-refractivity contribution in [1.29, 1.82) is 0 Å². The van der Waals surface area contributed by atoms with E-state index in [1.54, 1.807) is 4.90 Å². The summed E-state index contributed by atoms with van der Waals surface area (Å²) in [5.41, 5.74) is 0.568. The summed E-state index contributed by atoms with van der Waals surface area (Å²) in [4.78, 5) is 18.5. The molecule has 2 heterocycles. The van der Waals surface area contributed by atoms with Crippen molar-refractivity contribution in [3.05, 3.63) is 0 Å². The van der Waals surface area contributed by atoms with Crippen LogP contribution in [0.1, 0.15) is 74.1 Å². The van der Waals surface area contributed by atoms with Crippen molar-refractivity contribution < 1.29 is 9.90 Å². The fourth-order valence-corrected chi connectivity index (χ4v) is 3.55. The van der Waals surface area contributed by atoms with E-state index in [2.05, 4.69) is 51.3 Å². The Morgan fingerprint density at radius 1 is 0.808 bits per heavy atom. The number of aliphatic hydroxyl groups is 1. The molecule has 2 aliphatic heterocycles. The average Bonchev–Trinajstić information content (AvgIpc) is 2.60. The molecule has 5 heteroatoms. The van der Waals surface area contributed by atoms with Gasteiger partial charge < -0.3 is 10.0 Å². The van der Waals surface area contributed by atoms with Crippen LogP contribution in [0.15, 0.2) is 0 Å². The Bertz CT molecular complexity index is 412. The molecule has 1 N–H and O–H groups in total. The Balaban J connectivity index is 0.000000289. The van der Waals surface area contributed by atoms with E-state index in [1.165, 1.54) is 32.4 Å². The number of nitrogens with zero attached hydrogens (tertiary/aromatic N) is 3. The topological polar surface area (TPSA) is 47.0 Å². The zero-order valence-electron chi connectivity index (χ0n) is 18.3. The maximum absolute atomic E-state index is 11.7. The Morgan fingerprint density at radius 3 is 1.58 bits per heavy atom. The van der Waals surface area contributed by atoms with Crippen molar-refractivity contribution in [2.75, 3.05) is 39.3 Å². The van der Waals surface area contributed by atoms with E-state index in [0.29, 0.717) is 12.0 Å². The number of piperazine rings is 1. The van der Waals surface area contributed by atoms with E-state index in [4.69, 9.17) is 0 Å². The highest BCUT2D eigenvalue weighted by Crippen LogP contribution is 2.19. The molecule has 1 atom stereocenters. The summed E-state index contributed by atoms with van der Waals surface area (Å²) in [5.74, 6) is -0.115.